The van der Waals surface area contributed by atoms with Crippen molar-refractivity contribution < 1.29 is 4.79 Å². The van der Waals surface area contributed by atoms with Gasteiger partial charge in [-0.15, -0.1) is 0 Å². The number of aliphatic imine (C=N–C) groups is 1. The van der Waals surface area contributed by atoms with E-state index in [0.717, 1.165) is 37.0 Å². The summed E-state index contributed by atoms with van der Waals surface area (Å²) >= 11 is 0. The maximum Gasteiger partial charge on any atom is 0.251 e. The van der Waals surface area contributed by atoms with Crippen LogP contribution in [0.25, 0.3) is 0 Å². The van der Waals surface area contributed by atoms with Crippen LogP contribution in [-0.4, -0.2) is 24.2 Å². The molecule has 0 bridgehead atoms. The number of rotatable bonds is 6. The molecule has 0 saturated carbocycles. The molecule has 112 valence electrons. The summed E-state index contributed by atoms with van der Waals surface area (Å²) in [5, 5.41) is 2.96. The molecule has 1 N–H and O–H groups in total. The summed E-state index contributed by atoms with van der Waals surface area (Å²) in [6, 6.07) is 8.17. The lowest BCUT2D eigenvalue weighted by molar-refractivity contribution is 0.0959. The molecule has 1 amide bonds. The largest absolute Gasteiger partial charge is 0.346 e. The van der Waals surface area contributed by atoms with E-state index in [2.05, 4.69) is 30.2 Å². The molecule has 0 spiro atoms. The predicted octanol–water partition coefficient (Wildman–Crippen LogP) is 3.55. The number of nitrogens with one attached hydrogen (secondary N) is 1. The number of hydrogen-bond donors (Lipinski definition) is 1. The zero-order valence-corrected chi connectivity index (χ0v) is 12.9. The number of hydrogen-bond acceptors (Lipinski definition) is 2. The predicted molar refractivity (Wildman–Crippen MR) is 88.0 cm³/mol. The molecular weight excluding hydrogens is 260 g/mol. The molecule has 1 unspecified atom stereocenters. The summed E-state index contributed by atoms with van der Waals surface area (Å²) in [6.45, 7) is 4.77. The lowest BCUT2D eigenvalue weighted by atomic mass is 10.1. The molecule has 1 aromatic rings. The highest BCUT2D eigenvalue weighted by Gasteiger charge is 2.11. The van der Waals surface area contributed by atoms with Crippen molar-refractivity contribution in [1.82, 2.24) is 5.32 Å². The van der Waals surface area contributed by atoms with Gasteiger partial charge in [-0.25, -0.2) is 0 Å². The summed E-state index contributed by atoms with van der Waals surface area (Å²) in [5.74, 6) is -0.0287. The monoisotopic (exact) mass is 284 g/mol. The summed E-state index contributed by atoms with van der Waals surface area (Å²) in [5.41, 5.74) is 2.88. The summed E-state index contributed by atoms with van der Waals surface area (Å²) < 4.78 is 0. The number of aryl methyl sites for hydroxylation is 1. The van der Waals surface area contributed by atoms with E-state index in [4.69, 9.17) is 0 Å². The maximum atomic E-state index is 12.2. The van der Waals surface area contributed by atoms with Gasteiger partial charge in [-0.3, -0.25) is 9.79 Å². The van der Waals surface area contributed by atoms with Crippen molar-refractivity contribution >= 4 is 11.6 Å². The van der Waals surface area contributed by atoms with Crippen LogP contribution in [0.3, 0.4) is 0 Å². The number of benzene rings is 1. The van der Waals surface area contributed by atoms with Crippen LogP contribution in [0.15, 0.2) is 41.4 Å². The minimum Gasteiger partial charge on any atom is -0.346 e. The zero-order valence-electron chi connectivity index (χ0n) is 12.9. The molecule has 2 rings (SSSR count). The van der Waals surface area contributed by atoms with Crippen molar-refractivity contribution in [2.24, 2.45) is 4.99 Å². The molecule has 3 nitrogen and oxygen atoms in total. The summed E-state index contributed by atoms with van der Waals surface area (Å²) in [4.78, 5) is 16.9. The smallest absolute Gasteiger partial charge is 0.251 e. The second-order valence-corrected chi connectivity index (χ2v) is 5.44. The van der Waals surface area contributed by atoms with Crippen LogP contribution >= 0.6 is 0 Å². The number of carbonyl (C=O) groups is 1. The Hall–Kier alpha value is -1.90. The Morgan fingerprint density at radius 3 is 3.00 bits per heavy atom. The van der Waals surface area contributed by atoms with Gasteiger partial charge in [0.25, 0.3) is 5.91 Å². The Bertz CT molecular complexity index is 546. The van der Waals surface area contributed by atoms with Crippen molar-refractivity contribution in [3.05, 3.63) is 47.5 Å². The van der Waals surface area contributed by atoms with Crippen molar-refractivity contribution in [3.8, 4) is 0 Å². The van der Waals surface area contributed by atoms with E-state index in [0.29, 0.717) is 12.6 Å². The number of nitrogens with zero attached hydrogens (tertiary/aromatic N) is 1. The quantitative estimate of drug-likeness (QED) is 0.852. The molecule has 0 aromatic heterocycles. The van der Waals surface area contributed by atoms with Gasteiger partial charge >= 0.3 is 0 Å². The number of dihydropyridines is 1. The lowest BCUT2D eigenvalue weighted by Crippen LogP contribution is -2.30. The van der Waals surface area contributed by atoms with Crippen LogP contribution < -0.4 is 5.32 Å². The molecular formula is C18H24N2O. The average Bonchev–Trinajstić information content (AvgIpc) is 2.53. The molecule has 0 radical (unpaired) electrons. The van der Waals surface area contributed by atoms with Crippen LogP contribution in [0.4, 0.5) is 0 Å². The third-order valence-electron chi connectivity index (χ3n) is 3.72. The van der Waals surface area contributed by atoms with Crippen LogP contribution in [-0.2, 0) is 6.42 Å². The topological polar surface area (TPSA) is 41.5 Å². The Morgan fingerprint density at radius 1 is 1.38 bits per heavy atom. The fourth-order valence-corrected chi connectivity index (χ4v) is 2.52. The van der Waals surface area contributed by atoms with E-state index >= 15 is 0 Å². The number of carbonyl (C=O) groups excluding carboxylic acids is 1. The van der Waals surface area contributed by atoms with Gasteiger partial charge in [-0.2, -0.15) is 0 Å². The Morgan fingerprint density at radius 2 is 2.24 bits per heavy atom. The fraction of sp³-hybridized carbons (Fsp3) is 0.444. The van der Waals surface area contributed by atoms with Gasteiger partial charge in [0, 0.05) is 5.56 Å². The average molecular weight is 284 g/mol. The molecule has 1 atom stereocenters. The first-order valence-electron chi connectivity index (χ1n) is 7.83. The van der Waals surface area contributed by atoms with Gasteiger partial charge < -0.3 is 5.32 Å². The molecule has 1 aromatic carbocycles. The summed E-state index contributed by atoms with van der Waals surface area (Å²) in [7, 11) is 0. The van der Waals surface area contributed by atoms with Crippen molar-refractivity contribution in [2.75, 3.05) is 6.54 Å². The van der Waals surface area contributed by atoms with Crippen LogP contribution in [0.5, 0.6) is 0 Å². The third kappa shape index (κ3) is 4.55. The van der Waals surface area contributed by atoms with Gasteiger partial charge in [0.15, 0.2) is 0 Å². The van der Waals surface area contributed by atoms with Gasteiger partial charge in [-0.1, -0.05) is 38.5 Å². The minimum atomic E-state index is -0.0287. The molecule has 0 fully saturated rings. The fourth-order valence-electron chi connectivity index (χ4n) is 2.52. The molecule has 1 heterocycles. The van der Waals surface area contributed by atoms with E-state index < -0.39 is 0 Å². The highest BCUT2D eigenvalue weighted by molar-refractivity contribution is 6.02. The second-order valence-electron chi connectivity index (χ2n) is 5.44. The molecule has 1 aliphatic heterocycles. The van der Waals surface area contributed by atoms with E-state index in [-0.39, 0.29) is 5.91 Å². The van der Waals surface area contributed by atoms with Crippen LogP contribution in [0, 0.1) is 0 Å². The second kappa shape index (κ2) is 7.77. The Balaban J connectivity index is 1.93. The highest BCUT2D eigenvalue weighted by Crippen LogP contribution is 2.12. The van der Waals surface area contributed by atoms with Gasteiger partial charge in [0.1, 0.15) is 0 Å². The van der Waals surface area contributed by atoms with Gasteiger partial charge in [0.05, 0.1) is 18.3 Å². The molecule has 0 aliphatic carbocycles. The minimum absolute atomic E-state index is 0.0287. The van der Waals surface area contributed by atoms with Crippen molar-refractivity contribution in [1.29, 1.82) is 0 Å². The van der Waals surface area contributed by atoms with Gasteiger partial charge in [-0.05, 0) is 43.0 Å². The Kier molecular flexibility index (Phi) is 5.73. The van der Waals surface area contributed by atoms with Crippen molar-refractivity contribution in [3.63, 3.8) is 0 Å². The molecule has 3 heteroatoms. The van der Waals surface area contributed by atoms with Crippen molar-refractivity contribution in [2.45, 2.75) is 45.6 Å². The summed E-state index contributed by atoms with van der Waals surface area (Å²) in [6.07, 6.45) is 8.40. The third-order valence-corrected chi connectivity index (χ3v) is 3.72. The van der Waals surface area contributed by atoms with E-state index in [1.807, 2.05) is 30.3 Å². The molecule has 1 aliphatic rings. The molecule has 0 saturated heterocycles. The SMILES string of the molecule is CCCC1CC=CC(CNC(=O)c2cccc(CC)c2)=N1. The van der Waals surface area contributed by atoms with E-state index in [9.17, 15) is 4.79 Å². The zero-order chi connectivity index (χ0) is 15.1. The lowest BCUT2D eigenvalue weighted by Gasteiger charge is -2.16. The first kappa shape index (κ1) is 15.5. The van der Waals surface area contributed by atoms with E-state index in [1.165, 1.54) is 5.56 Å². The number of amides is 1. The Labute approximate surface area is 127 Å². The maximum absolute atomic E-state index is 12.2. The van der Waals surface area contributed by atoms with Crippen LogP contribution in [0.2, 0.25) is 0 Å². The first-order valence-corrected chi connectivity index (χ1v) is 7.83. The standard InChI is InChI=1S/C18H24N2O/c1-3-7-16-10-6-11-17(20-16)13-19-18(21)15-9-5-8-14(4-2)12-15/h5-6,8-9,11-12,16H,3-4,7,10,13H2,1-2H3,(H,19,21). The van der Waals surface area contributed by atoms with E-state index in [1.54, 1.807) is 0 Å². The first-order chi connectivity index (χ1) is 10.2. The normalized spacial score (nSPS) is 17.4. The van der Waals surface area contributed by atoms with Crippen LogP contribution in [0.1, 0.15) is 49.0 Å². The van der Waals surface area contributed by atoms with Gasteiger partial charge in [0.2, 0.25) is 0 Å². The molecule has 21 heavy (non-hydrogen) atoms. The highest BCUT2D eigenvalue weighted by atomic mass is 16.1.